The molecule has 1 aromatic heterocycles. The highest BCUT2D eigenvalue weighted by molar-refractivity contribution is 5.96. The van der Waals surface area contributed by atoms with Crippen LogP contribution in [0.1, 0.15) is 27.2 Å². The van der Waals surface area contributed by atoms with Crippen LogP contribution in [0.3, 0.4) is 0 Å². The second-order valence-electron chi connectivity index (χ2n) is 4.82. The maximum absolute atomic E-state index is 11.8. The Labute approximate surface area is 119 Å². The lowest BCUT2D eigenvalue weighted by Gasteiger charge is -2.12. The van der Waals surface area contributed by atoms with Crippen LogP contribution in [0.15, 0.2) is 24.4 Å². The topological polar surface area (TPSA) is 59.0 Å². The standard InChI is InChI=1S/C15H20N4O/c1-10-13(15(20)16-3)6-5-7-14(10)17-8-12-9-19(4)18-11(12)2/h5-7,9,17H,8H2,1-4H3,(H,16,20). The van der Waals surface area contributed by atoms with Crippen molar-refractivity contribution in [2.45, 2.75) is 20.4 Å². The monoisotopic (exact) mass is 272 g/mol. The average molecular weight is 272 g/mol. The fraction of sp³-hybridized carbons (Fsp3) is 0.333. The summed E-state index contributed by atoms with van der Waals surface area (Å²) in [6.07, 6.45) is 2.00. The first kappa shape index (κ1) is 14.1. The maximum atomic E-state index is 11.8. The van der Waals surface area contributed by atoms with E-state index in [-0.39, 0.29) is 5.91 Å². The van der Waals surface area contributed by atoms with Crippen molar-refractivity contribution in [1.29, 1.82) is 0 Å². The number of aryl methyl sites for hydroxylation is 2. The van der Waals surface area contributed by atoms with Crippen LogP contribution in [0.5, 0.6) is 0 Å². The van der Waals surface area contributed by atoms with Gasteiger partial charge in [-0.15, -0.1) is 0 Å². The minimum absolute atomic E-state index is 0.0660. The molecule has 1 heterocycles. The summed E-state index contributed by atoms with van der Waals surface area (Å²) in [5.74, 6) is -0.0660. The molecule has 0 unspecified atom stereocenters. The molecule has 5 heteroatoms. The third-order valence-corrected chi connectivity index (χ3v) is 3.39. The van der Waals surface area contributed by atoms with Gasteiger partial charge < -0.3 is 10.6 Å². The highest BCUT2D eigenvalue weighted by atomic mass is 16.1. The van der Waals surface area contributed by atoms with Gasteiger partial charge in [0.25, 0.3) is 5.91 Å². The number of hydrogen-bond donors (Lipinski definition) is 2. The van der Waals surface area contributed by atoms with E-state index < -0.39 is 0 Å². The van der Waals surface area contributed by atoms with Gasteiger partial charge >= 0.3 is 0 Å². The quantitative estimate of drug-likeness (QED) is 0.895. The number of nitrogens with one attached hydrogen (secondary N) is 2. The molecule has 0 aliphatic carbocycles. The van der Waals surface area contributed by atoms with Crippen LogP contribution in [-0.2, 0) is 13.6 Å². The number of carbonyl (C=O) groups is 1. The highest BCUT2D eigenvalue weighted by Gasteiger charge is 2.10. The Bertz CT molecular complexity index is 631. The Kier molecular flexibility index (Phi) is 4.08. The van der Waals surface area contributed by atoms with E-state index >= 15 is 0 Å². The Hall–Kier alpha value is -2.30. The van der Waals surface area contributed by atoms with Gasteiger partial charge in [0.1, 0.15) is 0 Å². The molecule has 0 saturated heterocycles. The normalized spacial score (nSPS) is 10.4. The number of benzene rings is 1. The van der Waals surface area contributed by atoms with Crippen molar-refractivity contribution in [1.82, 2.24) is 15.1 Å². The predicted octanol–water partition coefficient (Wildman–Crippen LogP) is 2.01. The van der Waals surface area contributed by atoms with E-state index in [4.69, 9.17) is 0 Å². The second-order valence-corrected chi connectivity index (χ2v) is 4.82. The van der Waals surface area contributed by atoms with Crippen molar-refractivity contribution in [3.8, 4) is 0 Å². The summed E-state index contributed by atoms with van der Waals surface area (Å²) >= 11 is 0. The summed E-state index contributed by atoms with van der Waals surface area (Å²) in [7, 11) is 3.55. The minimum Gasteiger partial charge on any atom is -0.381 e. The molecule has 0 aliphatic heterocycles. The van der Waals surface area contributed by atoms with Crippen LogP contribution in [0.2, 0.25) is 0 Å². The second kappa shape index (κ2) is 5.77. The molecule has 2 rings (SSSR count). The first-order chi connectivity index (χ1) is 9.52. The van der Waals surface area contributed by atoms with Crippen molar-refractivity contribution in [2.24, 2.45) is 7.05 Å². The SMILES string of the molecule is CNC(=O)c1cccc(NCc2cn(C)nc2C)c1C. The Morgan fingerprint density at radius 1 is 1.35 bits per heavy atom. The van der Waals surface area contributed by atoms with Crippen LogP contribution in [-0.4, -0.2) is 22.7 Å². The van der Waals surface area contributed by atoms with Crippen LogP contribution >= 0.6 is 0 Å². The number of aromatic nitrogens is 2. The number of hydrogen-bond acceptors (Lipinski definition) is 3. The zero-order chi connectivity index (χ0) is 14.7. The number of amides is 1. The predicted molar refractivity (Wildman–Crippen MR) is 79.8 cm³/mol. The van der Waals surface area contributed by atoms with Crippen LogP contribution in [0.25, 0.3) is 0 Å². The summed E-state index contributed by atoms with van der Waals surface area (Å²) in [6.45, 7) is 4.63. The van der Waals surface area contributed by atoms with E-state index in [1.807, 2.05) is 45.3 Å². The molecule has 0 atom stereocenters. The lowest BCUT2D eigenvalue weighted by Crippen LogP contribution is -2.19. The van der Waals surface area contributed by atoms with Gasteiger partial charge in [-0.05, 0) is 31.5 Å². The van der Waals surface area contributed by atoms with Crippen molar-refractivity contribution >= 4 is 11.6 Å². The summed E-state index contributed by atoms with van der Waals surface area (Å²) in [5.41, 5.74) is 4.78. The number of anilines is 1. The molecule has 0 saturated carbocycles. The summed E-state index contributed by atoms with van der Waals surface area (Å²) < 4.78 is 1.81. The van der Waals surface area contributed by atoms with Crippen LogP contribution < -0.4 is 10.6 Å². The van der Waals surface area contributed by atoms with E-state index in [9.17, 15) is 4.79 Å². The summed E-state index contributed by atoms with van der Waals surface area (Å²) in [5, 5.41) is 10.3. The molecule has 1 aromatic carbocycles. The van der Waals surface area contributed by atoms with Gasteiger partial charge in [0.05, 0.1) is 5.69 Å². The Morgan fingerprint density at radius 2 is 2.10 bits per heavy atom. The maximum Gasteiger partial charge on any atom is 0.251 e. The Morgan fingerprint density at radius 3 is 2.70 bits per heavy atom. The largest absolute Gasteiger partial charge is 0.381 e. The zero-order valence-electron chi connectivity index (χ0n) is 12.3. The van der Waals surface area contributed by atoms with Gasteiger partial charge in [-0.1, -0.05) is 6.07 Å². The molecule has 2 N–H and O–H groups in total. The summed E-state index contributed by atoms with van der Waals surface area (Å²) in [4.78, 5) is 11.8. The molecular weight excluding hydrogens is 252 g/mol. The van der Waals surface area contributed by atoms with Crippen molar-refractivity contribution < 1.29 is 4.79 Å². The first-order valence-electron chi connectivity index (χ1n) is 6.57. The fourth-order valence-electron chi connectivity index (χ4n) is 2.22. The number of carbonyl (C=O) groups excluding carboxylic acids is 1. The van der Waals surface area contributed by atoms with Crippen LogP contribution in [0.4, 0.5) is 5.69 Å². The van der Waals surface area contributed by atoms with E-state index in [0.29, 0.717) is 12.1 Å². The number of rotatable bonds is 4. The van der Waals surface area contributed by atoms with E-state index in [1.165, 1.54) is 0 Å². The minimum atomic E-state index is -0.0660. The van der Waals surface area contributed by atoms with Gasteiger partial charge in [0.2, 0.25) is 0 Å². The number of nitrogens with zero attached hydrogens (tertiary/aromatic N) is 2. The van der Waals surface area contributed by atoms with E-state index in [2.05, 4.69) is 15.7 Å². The lowest BCUT2D eigenvalue weighted by atomic mass is 10.1. The van der Waals surface area contributed by atoms with Crippen molar-refractivity contribution in [3.05, 3.63) is 46.8 Å². The highest BCUT2D eigenvalue weighted by Crippen LogP contribution is 2.20. The summed E-state index contributed by atoms with van der Waals surface area (Å²) in [6, 6.07) is 5.69. The average Bonchev–Trinajstić information content (AvgIpc) is 2.75. The van der Waals surface area contributed by atoms with Crippen LogP contribution in [0, 0.1) is 13.8 Å². The Balaban J connectivity index is 2.18. The van der Waals surface area contributed by atoms with Crippen molar-refractivity contribution in [2.75, 3.05) is 12.4 Å². The van der Waals surface area contributed by atoms with Gasteiger partial charge in [-0.2, -0.15) is 5.10 Å². The smallest absolute Gasteiger partial charge is 0.251 e. The van der Waals surface area contributed by atoms with Gasteiger partial charge in [0.15, 0.2) is 0 Å². The molecule has 0 bridgehead atoms. The van der Waals surface area contributed by atoms with E-state index in [1.54, 1.807) is 11.7 Å². The fourth-order valence-corrected chi connectivity index (χ4v) is 2.22. The molecule has 2 aromatic rings. The van der Waals surface area contributed by atoms with E-state index in [0.717, 1.165) is 22.5 Å². The zero-order valence-corrected chi connectivity index (χ0v) is 12.3. The molecule has 0 fully saturated rings. The molecule has 1 amide bonds. The molecule has 106 valence electrons. The molecule has 0 spiro atoms. The molecule has 0 aliphatic rings. The molecule has 20 heavy (non-hydrogen) atoms. The third-order valence-electron chi connectivity index (χ3n) is 3.39. The molecule has 5 nitrogen and oxygen atoms in total. The van der Waals surface area contributed by atoms with Gasteiger partial charge in [0, 0.05) is 43.7 Å². The van der Waals surface area contributed by atoms with Crippen molar-refractivity contribution in [3.63, 3.8) is 0 Å². The molecule has 0 radical (unpaired) electrons. The molecular formula is C15H20N4O. The first-order valence-corrected chi connectivity index (χ1v) is 6.57. The third kappa shape index (κ3) is 2.82. The lowest BCUT2D eigenvalue weighted by molar-refractivity contribution is 0.0962. The van der Waals surface area contributed by atoms with Gasteiger partial charge in [-0.3, -0.25) is 9.48 Å². The van der Waals surface area contributed by atoms with Gasteiger partial charge in [-0.25, -0.2) is 0 Å².